The Morgan fingerprint density at radius 2 is 2.04 bits per heavy atom. The van der Waals surface area contributed by atoms with Crippen LogP contribution in [-0.2, 0) is 17.6 Å². The van der Waals surface area contributed by atoms with Gasteiger partial charge in [0.2, 0.25) is 0 Å². The summed E-state index contributed by atoms with van der Waals surface area (Å²) in [4.78, 5) is 14.8. The molecule has 0 aliphatic heterocycles. The van der Waals surface area contributed by atoms with E-state index in [4.69, 9.17) is 0 Å². The summed E-state index contributed by atoms with van der Waals surface area (Å²) in [6, 6.07) is 14.3. The zero-order valence-corrected chi connectivity index (χ0v) is 15.2. The zero-order chi connectivity index (χ0) is 17.1. The summed E-state index contributed by atoms with van der Waals surface area (Å²) >= 11 is 3.49. The lowest BCUT2D eigenvalue weighted by molar-refractivity contribution is -0.136. The molecular formula is C20H20BrNO2. The second-order valence-electron chi connectivity index (χ2n) is 6.04. The highest BCUT2D eigenvalue weighted by Crippen LogP contribution is 2.33. The molecule has 2 aromatic carbocycles. The molecule has 0 radical (unpaired) electrons. The van der Waals surface area contributed by atoms with Gasteiger partial charge in [-0.3, -0.25) is 4.79 Å². The van der Waals surface area contributed by atoms with Crippen LogP contribution < -0.4 is 0 Å². The lowest BCUT2D eigenvalue weighted by Gasteiger charge is -2.04. The second-order valence-corrected chi connectivity index (χ2v) is 6.96. The third-order valence-electron chi connectivity index (χ3n) is 4.23. The summed E-state index contributed by atoms with van der Waals surface area (Å²) in [5.41, 5.74) is 4.99. The number of aryl methyl sites for hydroxylation is 1. The predicted molar refractivity (Wildman–Crippen MR) is 101 cm³/mol. The molecule has 1 heterocycles. The van der Waals surface area contributed by atoms with E-state index in [-0.39, 0.29) is 6.42 Å². The summed E-state index contributed by atoms with van der Waals surface area (Å²) in [5, 5.41) is 10.4. The molecule has 0 atom stereocenters. The average molecular weight is 386 g/mol. The van der Waals surface area contributed by atoms with E-state index in [9.17, 15) is 9.90 Å². The zero-order valence-electron chi connectivity index (χ0n) is 13.6. The molecule has 0 saturated carbocycles. The van der Waals surface area contributed by atoms with Crippen molar-refractivity contribution in [2.75, 3.05) is 0 Å². The predicted octanol–water partition coefficient (Wildman–Crippen LogP) is 5.57. The van der Waals surface area contributed by atoms with Gasteiger partial charge in [-0.2, -0.15) is 0 Å². The SMILES string of the molecule is CCCCc1ccc2[nH]c(-c3cccc(Br)c3)c(CC(=O)O)c2c1. The fourth-order valence-corrected chi connectivity index (χ4v) is 3.46. The van der Waals surface area contributed by atoms with Gasteiger partial charge in [-0.1, -0.05) is 47.5 Å². The number of halogens is 1. The van der Waals surface area contributed by atoms with Crippen LogP contribution in [0.25, 0.3) is 22.2 Å². The maximum Gasteiger partial charge on any atom is 0.307 e. The molecule has 0 unspecified atom stereocenters. The van der Waals surface area contributed by atoms with Crippen molar-refractivity contribution in [2.24, 2.45) is 0 Å². The number of unbranched alkanes of at least 4 members (excludes halogenated alkanes) is 1. The van der Waals surface area contributed by atoms with E-state index in [2.05, 4.69) is 46.0 Å². The van der Waals surface area contributed by atoms with Crippen LogP contribution in [0.15, 0.2) is 46.9 Å². The molecular weight excluding hydrogens is 366 g/mol. The van der Waals surface area contributed by atoms with Crippen molar-refractivity contribution >= 4 is 32.8 Å². The highest BCUT2D eigenvalue weighted by atomic mass is 79.9. The van der Waals surface area contributed by atoms with E-state index in [0.717, 1.165) is 51.5 Å². The molecule has 0 spiro atoms. The van der Waals surface area contributed by atoms with E-state index in [1.54, 1.807) is 0 Å². The Morgan fingerprint density at radius 1 is 1.21 bits per heavy atom. The van der Waals surface area contributed by atoms with Crippen LogP contribution in [-0.4, -0.2) is 16.1 Å². The van der Waals surface area contributed by atoms with Crippen molar-refractivity contribution in [3.63, 3.8) is 0 Å². The number of aromatic amines is 1. The standard InChI is InChI=1S/C20H20BrNO2/c1-2-3-5-13-8-9-18-16(10-13)17(12-19(23)24)20(22-18)14-6-4-7-15(21)11-14/h4,6-11,22H,2-3,5,12H2,1H3,(H,23,24). The normalized spacial score (nSPS) is 11.1. The Labute approximate surface area is 149 Å². The third kappa shape index (κ3) is 3.54. The molecule has 124 valence electrons. The van der Waals surface area contributed by atoms with Crippen molar-refractivity contribution in [2.45, 2.75) is 32.6 Å². The van der Waals surface area contributed by atoms with Gasteiger partial charge in [0.15, 0.2) is 0 Å². The summed E-state index contributed by atoms with van der Waals surface area (Å²) < 4.78 is 0.976. The van der Waals surface area contributed by atoms with Gasteiger partial charge in [0.1, 0.15) is 0 Å². The van der Waals surface area contributed by atoms with E-state index >= 15 is 0 Å². The molecule has 0 saturated heterocycles. The highest BCUT2D eigenvalue weighted by Gasteiger charge is 2.16. The lowest BCUT2D eigenvalue weighted by Crippen LogP contribution is -2.01. The maximum atomic E-state index is 11.4. The van der Waals surface area contributed by atoms with Gasteiger partial charge in [0, 0.05) is 15.4 Å². The van der Waals surface area contributed by atoms with E-state index in [1.165, 1.54) is 5.56 Å². The molecule has 0 bridgehead atoms. The number of H-pyrrole nitrogens is 1. The van der Waals surface area contributed by atoms with Crippen LogP contribution >= 0.6 is 15.9 Å². The van der Waals surface area contributed by atoms with Crippen LogP contribution in [0.2, 0.25) is 0 Å². The largest absolute Gasteiger partial charge is 0.481 e. The first-order valence-corrected chi connectivity index (χ1v) is 8.99. The molecule has 24 heavy (non-hydrogen) atoms. The second kappa shape index (κ2) is 7.22. The minimum atomic E-state index is -0.814. The Morgan fingerprint density at radius 3 is 2.75 bits per heavy atom. The number of benzene rings is 2. The molecule has 0 amide bonds. The topological polar surface area (TPSA) is 53.1 Å². The van der Waals surface area contributed by atoms with Gasteiger partial charge in [-0.25, -0.2) is 0 Å². The smallest absolute Gasteiger partial charge is 0.307 e. The number of carboxylic acid groups (broad SMARTS) is 1. The first kappa shape index (κ1) is 16.8. The number of carboxylic acids is 1. The Balaban J connectivity index is 2.15. The number of fused-ring (bicyclic) bond motifs is 1. The molecule has 0 fully saturated rings. The number of aromatic nitrogens is 1. The molecule has 1 aromatic heterocycles. The summed E-state index contributed by atoms with van der Waals surface area (Å²) in [5.74, 6) is -0.814. The molecule has 2 N–H and O–H groups in total. The fourth-order valence-electron chi connectivity index (χ4n) is 3.06. The fraction of sp³-hybridized carbons (Fsp3) is 0.250. The minimum absolute atomic E-state index is 0.0130. The molecule has 3 rings (SSSR count). The summed E-state index contributed by atoms with van der Waals surface area (Å²) in [6.07, 6.45) is 3.33. The van der Waals surface area contributed by atoms with Crippen LogP contribution in [0, 0.1) is 0 Å². The minimum Gasteiger partial charge on any atom is -0.481 e. The van der Waals surface area contributed by atoms with Gasteiger partial charge < -0.3 is 10.1 Å². The molecule has 0 aliphatic rings. The highest BCUT2D eigenvalue weighted by molar-refractivity contribution is 9.10. The van der Waals surface area contributed by atoms with Crippen molar-refractivity contribution < 1.29 is 9.90 Å². The van der Waals surface area contributed by atoms with Crippen LogP contribution in [0.5, 0.6) is 0 Å². The van der Waals surface area contributed by atoms with Gasteiger partial charge in [-0.15, -0.1) is 0 Å². The molecule has 3 nitrogen and oxygen atoms in total. The van der Waals surface area contributed by atoms with Crippen molar-refractivity contribution in [3.8, 4) is 11.3 Å². The molecule has 0 aliphatic carbocycles. The van der Waals surface area contributed by atoms with Crippen LogP contribution in [0.4, 0.5) is 0 Å². The Kier molecular flexibility index (Phi) is 5.05. The van der Waals surface area contributed by atoms with Crippen LogP contribution in [0.1, 0.15) is 30.9 Å². The van der Waals surface area contributed by atoms with E-state index < -0.39 is 5.97 Å². The number of carbonyl (C=O) groups is 1. The summed E-state index contributed by atoms with van der Waals surface area (Å²) in [6.45, 7) is 2.18. The maximum absolute atomic E-state index is 11.4. The number of aliphatic carboxylic acids is 1. The number of hydrogen-bond acceptors (Lipinski definition) is 1. The monoisotopic (exact) mass is 385 g/mol. The van der Waals surface area contributed by atoms with E-state index in [1.807, 2.05) is 24.3 Å². The van der Waals surface area contributed by atoms with Crippen LogP contribution in [0.3, 0.4) is 0 Å². The Bertz CT molecular complexity index is 882. The average Bonchev–Trinajstić information content (AvgIpc) is 2.90. The van der Waals surface area contributed by atoms with Crippen molar-refractivity contribution in [1.29, 1.82) is 0 Å². The quantitative estimate of drug-likeness (QED) is 0.582. The van der Waals surface area contributed by atoms with Gasteiger partial charge in [0.25, 0.3) is 0 Å². The van der Waals surface area contributed by atoms with Gasteiger partial charge >= 0.3 is 5.97 Å². The van der Waals surface area contributed by atoms with E-state index in [0.29, 0.717) is 0 Å². The number of hydrogen-bond donors (Lipinski definition) is 2. The Hall–Kier alpha value is -2.07. The first-order chi connectivity index (χ1) is 11.6. The summed E-state index contributed by atoms with van der Waals surface area (Å²) in [7, 11) is 0. The van der Waals surface area contributed by atoms with Gasteiger partial charge in [0.05, 0.1) is 12.1 Å². The first-order valence-electron chi connectivity index (χ1n) is 8.19. The third-order valence-corrected chi connectivity index (χ3v) is 4.72. The molecule has 4 heteroatoms. The van der Waals surface area contributed by atoms with Crippen molar-refractivity contribution in [1.82, 2.24) is 4.98 Å². The lowest BCUT2D eigenvalue weighted by atomic mass is 10.00. The number of rotatable bonds is 6. The van der Waals surface area contributed by atoms with Gasteiger partial charge in [-0.05, 0) is 53.8 Å². The molecule has 3 aromatic rings. The van der Waals surface area contributed by atoms with Crippen molar-refractivity contribution in [3.05, 3.63) is 58.1 Å². The number of nitrogens with one attached hydrogen (secondary N) is 1.